The summed E-state index contributed by atoms with van der Waals surface area (Å²) in [5.74, 6) is 0. The highest BCUT2D eigenvalue weighted by Gasteiger charge is 2.03. The number of hydrogen-bond acceptors (Lipinski definition) is 2. The van der Waals surface area contributed by atoms with Crippen molar-refractivity contribution in [3.05, 3.63) is 52.6 Å². The van der Waals surface area contributed by atoms with Crippen LogP contribution in [0.3, 0.4) is 0 Å². The van der Waals surface area contributed by atoms with E-state index < -0.39 is 0 Å². The summed E-state index contributed by atoms with van der Waals surface area (Å²) in [5, 5.41) is 1.01. The molecular formula is C12H10BrNS. The lowest BCUT2D eigenvalue weighted by Crippen LogP contribution is -1.83. The molecule has 0 fully saturated rings. The molecule has 0 aliphatic heterocycles. The molecule has 0 N–H and O–H groups in total. The number of aryl methyl sites for hydroxylation is 1. The summed E-state index contributed by atoms with van der Waals surface area (Å²) in [4.78, 5) is 5.59. The highest BCUT2D eigenvalue weighted by molar-refractivity contribution is 9.10. The Morgan fingerprint density at radius 1 is 1.20 bits per heavy atom. The van der Waals surface area contributed by atoms with Crippen molar-refractivity contribution in [3.63, 3.8) is 0 Å². The lowest BCUT2D eigenvalue weighted by Gasteiger charge is -2.03. The minimum absolute atomic E-state index is 1.01. The van der Waals surface area contributed by atoms with Gasteiger partial charge in [-0.3, -0.25) is 0 Å². The van der Waals surface area contributed by atoms with Crippen LogP contribution in [0.25, 0.3) is 0 Å². The van der Waals surface area contributed by atoms with E-state index in [1.165, 1.54) is 10.5 Å². The number of halogens is 1. The summed E-state index contributed by atoms with van der Waals surface area (Å²) in [7, 11) is 0. The van der Waals surface area contributed by atoms with Crippen LogP contribution in [-0.2, 0) is 0 Å². The molecule has 0 bridgehead atoms. The van der Waals surface area contributed by atoms with Gasteiger partial charge in [0.15, 0.2) is 0 Å². The van der Waals surface area contributed by atoms with E-state index in [1.54, 1.807) is 11.8 Å². The predicted octanol–water partition coefficient (Wildman–Crippen LogP) is 4.30. The quantitative estimate of drug-likeness (QED) is 0.813. The number of hydrogen-bond donors (Lipinski definition) is 0. The van der Waals surface area contributed by atoms with Crippen molar-refractivity contribution in [1.29, 1.82) is 0 Å². The maximum Gasteiger partial charge on any atom is 0.115 e. The van der Waals surface area contributed by atoms with Crippen molar-refractivity contribution in [2.24, 2.45) is 0 Å². The number of rotatable bonds is 2. The molecule has 0 unspecified atom stereocenters. The fourth-order valence-corrected chi connectivity index (χ4v) is 2.68. The van der Waals surface area contributed by atoms with E-state index in [4.69, 9.17) is 0 Å². The molecule has 76 valence electrons. The van der Waals surface area contributed by atoms with E-state index in [2.05, 4.69) is 39.1 Å². The third-order valence-corrected chi connectivity index (χ3v) is 3.80. The van der Waals surface area contributed by atoms with Gasteiger partial charge in [0, 0.05) is 11.1 Å². The second-order valence-corrected chi connectivity index (χ2v) is 5.13. The highest BCUT2D eigenvalue weighted by atomic mass is 79.9. The normalized spacial score (nSPS) is 10.3. The number of aromatic nitrogens is 1. The molecule has 1 aromatic carbocycles. The Bertz CT molecular complexity index is 456. The van der Waals surface area contributed by atoms with Crippen LogP contribution in [0, 0.1) is 6.92 Å². The SMILES string of the molecule is Cc1cnc(Sc2ccccc2)c(Br)c1. The Kier molecular flexibility index (Phi) is 3.44. The molecule has 0 aliphatic rings. The van der Waals surface area contributed by atoms with Crippen LogP contribution in [-0.4, -0.2) is 4.98 Å². The van der Waals surface area contributed by atoms with Gasteiger partial charge in [0.05, 0.1) is 4.47 Å². The van der Waals surface area contributed by atoms with E-state index in [1.807, 2.05) is 31.3 Å². The van der Waals surface area contributed by atoms with Gasteiger partial charge < -0.3 is 0 Å². The maximum atomic E-state index is 4.39. The standard InChI is InChI=1S/C12H10BrNS/c1-9-7-11(13)12(14-8-9)15-10-5-3-2-4-6-10/h2-8H,1H3. The lowest BCUT2D eigenvalue weighted by molar-refractivity contribution is 1.08. The molecule has 1 nitrogen and oxygen atoms in total. The van der Waals surface area contributed by atoms with Crippen molar-refractivity contribution in [2.45, 2.75) is 16.8 Å². The zero-order chi connectivity index (χ0) is 10.7. The Labute approximate surface area is 102 Å². The minimum atomic E-state index is 1.01. The van der Waals surface area contributed by atoms with Crippen LogP contribution in [0.15, 0.2) is 57.0 Å². The van der Waals surface area contributed by atoms with Crippen LogP contribution >= 0.6 is 27.7 Å². The summed E-state index contributed by atoms with van der Waals surface area (Å²) >= 11 is 5.19. The van der Waals surface area contributed by atoms with Gasteiger partial charge >= 0.3 is 0 Å². The average Bonchev–Trinajstić information content (AvgIpc) is 2.24. The van der Waals surface area contributed by atoms with E-state index >= 15 is 0 Å². The monoisotopic (exact) mass is 279 g/mol. The second kappa shape index (κ2) is 4.81. The predicted molar refractivity (Wildman–Crippen MR) is 67.2 cm³/mol. The molecule has 2 rings (SSSR count). The van der Waals surface area contributed by atoms with Gasteiger partial charge in [0.1, 0.15) is 5.03 Å². The second-order valence-electron chi connectivity index (χ2n) is 3.21. The maximum absolute atomic E-state index is 4.39. The van der Waals surface area contributed by atoms with E-state index in [-0.39, 0.29) is 0 Å². The van der Waals surface area contributed by atoms with Crippen LogP contribution in [0.5, 0.6) is 0 Å². The van der Waals surface area contributed by atoms with Crippen LogP contribution in [0.1, 0.15) is 5.56 Å². The van der Waals surface area contributed by atoms with Crippen molar-refractivity contribution >= 4 is 27.7 Å². The molecular weight excluding hydrogens is 270 g/mol. The molecule has 1 heterocycles. The molecule has 2 aromatic rings. The van der Waals surface area contributed by atoms with Gasteiger partial charge in [0.25, 0.3) is 0 Å². The Morgan fingerprint density at radius 2 is 1.93 bits per heavy atom. The van der Waals surface area contributed by atoms with Crippen molar-refractivity contribution in [2.75, 3.05) is 0 Å². The first kappa shape index (κ1) is 10.7. The summed E-state index contributed by atoms with van der Waals surface area (Å²) in [5.41, 5.74) is 1.17. The highest BCUT2D eigenvalue weighted by Crippen LogP contribution is 2.31. The zero-order valence-electron chi connectivity index (χ0n) is 8.27. The third kappa shape index (κ3) is 2.83. The van der Waals surface area contributed by atoms with Crippen molar-refractivity contribution in [3.8, 4) is 0 Å². The molecule has 0 saturated heterocycles. The molecule has 0 atom stereocenters. The Morgan fingerprint density at radius 3 is 2.60 bits per heavy atom. The van der Waals surface area contributed by atoms with Gasteiger partial charge in [-0.1, -0.05) is 30.0 Å². The first-order valence-electron chi connectivity index (χ1n) is 4.61. The molecule has 0 amide bonds. The topological polar surface area (TPSA) is 12.9 Å². The summed E-state index contributed by atoms with van der Waals surface area (Å²) in [6.07, 6.45) is 1.88. The fourth-order valence-electron chi connectivity index (χ4n) is 1.20. The molecule has 0 spiro atoms. The Hall–Kier alpha value is -0.800. The fraction of sp³-hybridized carbons (Fsp3) is 0.0833. The van der Waals surface area contributed by atoms with E-state index in [0.717, 1.165) is 9.50 Å². The number of benzene rings is 1. The molecule has 1 aromatic heterocycles. The Balaban J connectivity index is 2.25. The van der Waals surface area contributed by atoms with Crippen LogP contribution < -0.4 is 0 Å². The van der Waals surface area contributed by atoms with Gasteiger partial charge in [-0.2, -0.15) is 0 Å². The summed E-state index contributed by atoms with van der Waals surface area (Å²) in [6.45, 7) is 2.04. The van der Waals surface area contributed by atoms with E-state index in [9.17, 15) is 0 Å². The van der Waals surface area contributed by atoms with Crippen LogP contribution in [0.2, 0.25) is 0 Å². The summed E-state index contributed by atoms with van der Waals surface area (Å²) in [6, 6.07) is 12.3. The smallest absolute Gasteiger partial charge is 0.115 e. The van der Waals surface area contributed by atoms with Gasteiger partial charge in [-0.15, -0.1) is 0 Å². The molecule has 3 heteroatoms. The largest absolute Gasteiger partial charge is 0.248 e. The lowest BCUT2D eigenvalue weighted by atomic mass is 10.3. The number of nitrogens with zero attached hydrogens (tertiary/aromatic N) is 1. The molecule has 15 heavy (non-hydrogen) atoms. The minimum Gasteiger partial charge on any atom is -0.248 e. The van der Waals surface area contributed by atoms with Gasteiger partial charge in [-0.05, 0) is 46.6 Å². The van der Waals surface area contributed by atoms with E-state index in [0.29, 0.717) is 0 Å². The zero-order valence-corrected chi connectivity index (χ0v) is 10.7. The summed E-state index contributed by atoms with van der Waals surface area (Å²) < 4.78 is 1.05. The first-order valence-corrected chi connectivity index (χ1v) is 6.22. The third-order valence-electron chi connectivity index (χ3n) is 1.90. The van der Waals surface area contributed by atoms with Crippen LogP contribution in [0.4, 0.5) is 0 Å². The first-order chi connectivity index (χ1) is 7.25. The average molecular weight is 280 g/mol. The molecule has 0 aliphatic carbocycles. The van der Waals surface area contributed by atoms with Crippen molar-refractivity contribution < 1.29 is 0 Å². The van der Waals surface area contributed by atoms with Gasteiger partial charge in [-0.25, -0.2) is 4.98 Å². The number of pyridine rings is 1. The molecule has 0 saturated carbocycles. The van der Waals surface area contributed by atoms with Crippen molar-refractivity contribution in [1.82, 2.24) is 4.98 Å². The molecule has 0 radical (unpaired) electrons. The van der Waals surface area contributed by atoms with Gasteiger partial charge in [0.2, 0.25) is 0 Å².